The number of hydrogen-bond acceptors (Lipinski definition) is 3. The molecule has 0 atom stereocenters. The summed E-state index contributed by atoms with van der Waals surface area (Å²) in [5, 5.41) is 7.64. The molecule has 0 amide bonds. The van der Waals surface area contributed by atoms with E-state index in [2.05, 4.69) is 216 Å². The van der Waals surface area contributed by atoms with Gasteiger partial charge in [-0.05, 0) is 118 Å². The largest absolute Gasteiger partial charge is 0.310 e. The number of thiophene rings is 1. The monoisotopic (exact) mass is 694 g/mol. The van der Waals surface area contributed by atoms with Crippen LogP contribution in [-0.2, 0) is 0 Å². The lowest BCUT2D eigenvalue weighted by Crippen LogP contribution is -2.13. The van der Waals surface area contributed by atoms with Gasteiger partial charge in [-0.1, -0.05) is 121 Å². The molecule has 0 saturated carbocycles. The summed E-state index contributed by atoms with van der Waals surface area (Å²) in [5.41, 5.74) is 8.99. The summed E-state index contributed by atoms with van der Waals surface area (Å²) in [4.78, 5) is 4.72. The van der Waals surface area contributed by atoms with Crippen LogP contribution in [0.2, 0.25) is 0 Å². The van der Waals surface area contributed by atoms with Gasteiger partial charge < -0.3 is 9.80 Å². The molecule has 0 fully saturated rings. The van der Waals surface area contributed by atoms with Gasteiger partial charge >= 0.3 is 0 Å². The van der Waals surface area contributed by atoms with Gasteiger partial charge in [0, 0.05) is 54.3 Å². The highest BCUT2D eigenvalue weighted by Crippen LogP contribution is 2.43. The molecule has 2 nitrogen and oxygen atoms in total. The van der Waals surface area contributed by atoms with Crippen LogP contribution in [0.25, 0.3) is 52.8 Å². The highest BCUT2D eigenvalue weighted by Gasteiger charge is 2.18. The van der Waals surface area contributed by atoms with Crippen LogP contribution >= 0.6 is 11.3 Å². The van der Waals surface area contributed by atoms with Crippen molar-refractivity contribution in [3.05, 3.63) is 206 Å². The van der Waals surface area contributed by atoms with Crippen LogP contribution in [-0.4, -0.2) is 0 Å². The summed E-state index contributed by atoms with van der Waals surface area (Å²) < 4.78 is 2.65. The second kappa shape index (κ2) is 13.1. The first-order valence-corrected chi connectivity index (χ1v) is 18.8. The number of fused-ring (bicyclic) bond motifs is 6. The van der Waals surface area contributed by atoms with E-state index in [1.54, 1.807) is 0 Å². The highest BCUT2D eigenvalue weighted by molar-refractivity contribution is 7.25. The molecule has 1 heterocycles. The zero-order valence-corrected chi connectivity index (χ0v) is 29.7. The van der Waals surface area contributed by atoms with E-state index in [1.807, 2.05) is 11.3 Å². The maximum Gasteiger partial charge on any atom is 0.0482 e. The molecule has 0 unspecified atom stereocenters. The third-order valence-electron chi connectivity index (χ3n) is 10.2. The predicted molar refractivity (Wildman–Crippen MR) is 229 cm³/mol. The Balaban J connectivity index is 1.17. The number of anilines is 6. The number of benzene rings is 9. The second-order valence-electron chi connectivity index (χ2n) is 13.4. The average molecular weight is 695 g/mol. The van der Waals surface area contributed by atoms with Crippen molar-refractivity contribution in [3.8, 4) is 11.1 Å². The van der Waals surface area contributed by atoms with E-state index >= 15 is 0 Å². The third kappa shape index (κ3) is 5.68. The van der Waals surface area contributed by atoms with Crippen LogP contribution in [0.1, 0.15) is 0 Å². The summed E-state index contributed by atoms with van der Waals surface area (Å²) in [6.45, 7) is 0. The van der Waals surface area contributed by atoms with E-state index in [-0.39, 0.29) is 0 Å². The van der Waals surface area contributed by atoms with Gasteiger partial charge in [0.05, 0.1) is 0 Å². The highest BCUT2D eigenvalue weighted by atomic mass is 32.1. The molecule has 0 aliphatic rings. The van der Waals surface area contributed by atoms with Crippen molar-refractivity contribution in [1.82, 2.24) is 0 Å². The van der Waals surface area contributed by atoms with Gasteiger partial charge in [-0.25, -0.2) is 0 Å². The Morgan fingerprint density at radius 2 is 0.755 bits per heavy atom. The number of para-hydroxylation sites is 2. The maximum atomic E-state index is 2.41. The standard InChI is InChI=1S/C50H34N2S/c1-4-13-35(14-5-1)36-25-28-41(29-26-36)52(43-20-12-19-42(32-43)51(39-15-6-2-7-16-39)40-17-8-3-9-18-40)44-30-27-37-23-24-38-31-50-48(34-47(38)46(37)33-44)45-21-10-11-22-49(45)53-50/h1-34H. The van der Waals surface area contributed by atoms with Crippen molar-refractivity contribution in [2.24, 2.45) is 0 Å². The minimum Gasteiger partial charge on any atom is -0.310 e. The van der Waals surface area contributed by atoms with Crippen molar-refractivity contribution < 1.29 is 0 Å². The van der Waals surface area contributed by atoms with Gasteiger partial charge in [0.15, 0.2) is 0 Å². The maximum absolute atomic E-state index is 2.41. The van der Waals surface area contributed by atoms with E-state index in [1.165, 1.54) is 52.8 Å². The molecule has 0 spiro atoms. The summed E-state index contributed by atoms with van der Waals surface area (Å²) >= 11 is 1.87. The van der Waals surface area contributed by atoms with Gasteiger partial charge in [-0.15, -0.1) is 11.3 Å². The zero-order chi connectivity index (χ0) is 35.1. The number of hydrogen-bond donors (Lipinski definition) is 0. The first-order chi connectivity index (χ1) is 26.3. The van der Waals surface area contributed by atoms with Crippen LogP contribution in [0.5, 0.6) is 0 Å². The molecule has 53 heavy (non-hydrogen) atoms. The summed E-state index contributed by atoms with van der Waals surface area (Å²) in [7, 11) is 0. The Kier molecular flexibility index (Phi) is 7.71. The van der Waals surface area contributed by atoms with Crippen molar-refractivity contribution in [1.29, 1.82) is 0 Å². The lowest BCUT2D eigenvalue weighted by Gasteiger charge is -2.29. The van der Waals surface area contributed by atoms with E-state index in [0.717, 1.165) is 34.1 Å². The molecular formula is C50H34N2S. The first kappa shape index (κ1) is 31.1. The van der Waals surface area contributed by atoms with Gasteiger partial charge in [-0.2, -0.15) is 0 Å². The molecule has 10 rings (SSSR count). The normalized spacial score (nSPS) is 11.4. The van der Waals surface area contributed by atoms with Crippen LogP contribution in [0.4, 0.5) is 34.1 Å². The van der Waals surface area contributed by atoms with Crippen LogP contribution < -0.4 is 9.80 Å². The minimum absolute atomic E-state index is 1.08. The van der Waals surface area contributed by atoms with Crippen molar-refractivity contribution >= 4 is 87.2 Å². The lowest BCUT2D eigenvalue weighted by molar-refractivity contribution is 1.25. The van der Waals surface area contributed by atoms with Crippen molar-refractivity contribution in [2.45, 2.75) is 0 Å². The van der Waals surface area contributed by atoms with Gasteiger partial charge in [-0.3, -0.25) is 0 Å². The third-order valence-corrected chi connectivity index (χ3v) is 11.3. The number of rotatable bonds is 7. The minimum atomic E-state index is 1.08. The smallest absolute Gasteiger partial charge is 0.0482 e. The number of nitrogens with zero attached hydrogens (tertiary/aromatic N) is 2. The molecule has 1 aromatic heterocycles. The fourth-order valence-corrected chi connectivity index (χ4v) is 8.79. The predicted octanol–water partition coefficient (Wildman–Crippen LogP) is 15.0. The fraction of sp³-hybridized carbons (Fsp3) is 0. The second-order valence-corrected chi connectivity index (χ2v) is 14.5. The average Bonchev–Trinajstić information content (AvgIpc) is 3.59. The molecule has 10 aromatic rings. The molecule has 250 valence electrons. The Hall–Kier alpha value is -6.68. The van der Waals surface area contributed by atoms with Crippen molar-refractivity contribution in [3.63, 3.8) is 0 Å². The summed E-state index contributed by atoms with van der Waals surface area (Å²) in [6, 6.07) is 74.6. The Morgan fingerprint density at radius 1 is 0.264 bits per heavy atom. The van der Waals surface area contributed by atoms with E-state index in [9.17, 15) is 0 Å². The lowest BCUT2D eigenvalue weighted by atomic mass is 9.99. The quantitative estimate of drug-likeness (QED) is 0.153. The SMILES string of the molecule is c1ccc(-c2ccc(N(c3cccc(N(c4ccccc4)c4ccccc4)c3)c3ccc4ccc5cc6sc7ccccc7c6cc5c4c3)cc2)cc1. The zero-order valence-electron chi connectivity index (χ0n) is 28.9. The van der Waals surface area contributed by atoms with E-state index < -0.39 is 0 Å². The molecule has 9 aromatic carbocycles. The molecule has 0 saturated heterocycles. The topological polar surface area (TPSA) is 6.48 Å². The molecule has 0 radical (unpaired) electrons. The van der Waals surface area contributed by atoms with Gasteiger partial charge in [0.1, 0.15) is 0 Å². The molecule has 0 bridgehead atoms. The Morgan fingerprint density at radius 3 is 1.47 bits per heavy atom. The van der Waals surface area contributed by atoms with Crippen LogP contribution in [0, 0.1) is 0 Å². The Labute approximate surface area is 313 Å². The molecule has 3 heteroatoms. The van der Waals surface area contributed by atoms with Crippen LogP contribution in [0.15, 0.2) is 206 Å². The van der Waals surface area contributed by atoms with Crippen LogP contribution in [0.3, 0.4) is 0 Å². The van der Waals surface area contributed by atoms with Crippen molar-refractivity contribution in [2.75, 3.05) is 9.80 Å². The first-order valence-electron chi connectivity index (χ1n) is 18.0. The molecule has 0 N–H and O–H groups in total. The van der Waals surface area contributed by atoms with Gasteiger partial charge in [0.25, 0.3) is 0 Å². The molecule has 0 aliphatic heterocycles. The summed E-state index contributed by atoms with van der Waals surface area (Å²) in [6.07, 6.45) is 0. The van der Waals surface area contributed by atoms with E-state index in [0.29, 0.717) is 0 Å². The fourth-order valence-electron chi connectivity index (χ4n) is 7.65. The molecular weight excluding hydrogens is 661 g/mol. The molecule has 0 aliphatic carbocycles. The van der Waals surface area contributed by atoms with Gasteiger partial charge in [0.2, 0.25) is 0 Å². The Bertz CT molecular complexity index is 2840. The van der Waals surface area contributed by atoms with E-state index in [4.69, 9.17) is 0 Å². The summed E-state index contributed by atoms with van der Waals surface area (Å²) in [5.74, 6) is 0.